The van der Waals surface area contributed by atoms with Crippen molar-refractivity contribution in [1.29, 1.82) is 0 Å². The molecule has 0 aromatic rings. The van der Waals surface area contributed by atoms with Crippen LogP contribution in [-0.4, -0.2) is 44.3 Å². The minimum absolute atomic E-state index is 0.120. The van der Waals surface area contributed by atoms with E-state index in [9.17, 15) is 13.5 Å². The van der Waals surface area contributed by atoms with Gasteiger partial charge in [0.25, 0.3) is 0 Å². The van der Waals surface area contributed by atoms with Crippen LogP contribution < -0.4 is 0 Å². The Hall–Kier alpha value is -0.130. The summed E-state index contributed by atoms with van der Waals surface area (Å²) in [7, 11) is -2.92. The number of ether oxygens (including phenoxy) is 1. The first-order valence-electron chi connectivity index (χ1n) is 4.75. The van der Waals surface area contributed by atoms with Crippen molar-refractivity contribution >= 4 is 9.84 Å². The van der Waals surface area contributed by atoms with Crippen molar-refractivity contribution in [2.24, 2.45) is 0 Å². The minimum atomic E-state index is -2.92. The van der Waals surface area contributed by atoms with Crippen LogP contribution in [0.4, 0.5) is 0 Å². The average Bonchev–Trinajstić information content (AvgIpc) is 1.98. The lowest BCUT2D eigenvalue weighted by Gasteiger charge is -2.22. The highest BCUT2D eigenvalue weighted by Crippen LogP contribution is 2.13. The molecule has 0 aliphatic heterocycles. The first-order valence-corrected chi connectivity index (χ1v) is 6.81. The third-order valence-corrected chi connectivity index (χ3v) is 2.88. The highest BCUT2D eigenvalue weighted by Gasteiger charge is 2.20. The van der Waals surface area contributed by atoms with Crippen LogP contribution in [-0.2, 0) is 14.6 Å². The molecule has 0 amide bonds. The van der Waals surface area contributed by atoms with E-state index in [1.807, 2.05) is 6.92 Å². The molecule has 1 unspecified atom stereocenters. The summed E-state index contributed by atoms with van der Waals surface area (Å²) in [5, 5.41) is 9.72. The molecule has 0 aliphatic carbocycles. The topological polar surface area (TPSA) is 63.6 Å². The Kier molecular flexibility index (Phi) is 5.63. The van der Waals surface area contributed by atoms with E-state index >= 15 is 0 Å². The van der Waals surface area contributed by atoms with E-state index < -0.39 is 15.4 Å². The number of rotatable bonds is 7. The van der Waals surface area contributed by atoms with E-state index in [4.69, 9.17) is 4.74 Å². The van der Waals surface area contributed by atoms with E-state index in [1.165, 1.54) is 6.26 Å². The van der Waals surface area contributed by atoms with Gasteiger partial charge in [0, 0.05) is 18.6 Å². The summed E-state index contributed by atoms with van der Waals surface area (Å²) >= 11 is 0. The second-order valence-corrected chi connectivity index (χ2v) is 6.13. The Labute approximate surface area is 86.2 Å². The molecule has 0 spiro atoms. The van der Waals surface area contributed by atoms with Crippen molar-refractivity contribution < 1.29 is 18.3 Å². The molecule has 86 valence electrons. The Morgan fingerprint density at radius 1 is 1.43 bits per heavy atom. The Morgan fingerprint density at radius 3 is 2.43 bits per heavy atom. The normalized spacial score (nSPS) is 16.6. The molecule has 0 saturated carbocycles. The second kappa shape index (κ2) is 5.68. The Morgan fingerprint density at radius 2 is 2.00 bits per heavy atom. The number of aliphatic hydroxyl groups is 1. The van der Waals surface area contributed by atoms with Gasteiger partial charge in [-0.25, -0.2) is 8.42 Å². The van der Waals surface area contributed by atoms with Crippen LogP contribution in [0.2, 0.25) is 0 Å². The Balaban J connectivity index is 3.76. The van der Waals surface area contributed by atoms with Gasteiger partial charge in [0.15, 0.2) is 0 Å². The summed E-state index contributed by atoms with van der Waals surface area (Å²) in [6, 6.07) is 0. The van der Waals surface area contributed by atoms with Crippen molar-refractivity contribution in [3.05, 3.63) is 0 Å². The fourth-order valence-corrected chi connectivity index (χ4v) is 1.78. The fraction of sp³-hybridized carbons (Fsp3) is 1.00. The maximum Gasteiger partial charge on any atom is 0.147 e. The predicted molar refractivity (Wildman–Crippen MR) is 56.1 cm³/mol. The molecule has 0 heterocycles. The summed E-state index contributed by atoms with van der Waals surface area (Å²) in [5.41, 5.74) is -0.916. The Bertz CT molecular complexity index is 244. The van der Waals surface area contributed by atoms with Gasteiger partial charge >= 0.3 is 0 Å². The van der Waals surface area contributed by atoms with Crippen LogP contribution in [0.1, 0.15) is 26.7 Å². The SMILES string of the molecule is CCOCC(C)(O)CCCS(C)(=O)=O. The maximum atomic E-state index is 10.8. The van der Waals surface area contributed by atoms with E-state index in [0.29, 0.717) is 19.4 Å². The van der Waals surface area contributed by atoms with Crippen molar-refractivity contribution in [2.45, 2.75) is 32.3 Å². The van der Waals surface area contributed by atoms with Gasteiger partial charge in [0.1, 0.15) is 9.84 Å². The molecule has 0 bridgehead atoms. The molecule has 1 atom stereocenters. The number of sulfone groups is 1. The predicted octanol–water partition coefficient (Wildman–Crippen LogP) is 0.599. The lowest BCUT2D eigenvalue weighted by Crippen LogP contribution is -2.31. The first kappa shape index (κ1) is 13.9. The van der Waals surface area contributed by atoms with Crippen molar-refractivity contribution in [3.8, 4) is 0 Å². The molecular weight excluding hydrogens is 204 g/mol. The summed E-state index contributed by atoms with van der Waals surface area (Å²) < 4.78 is 26.7. The van der Waals surface area contributed by atoms with Crippen LogP contribution in [0.5, 0.6) is 0 Å². The zero-order chi connectivity index (χ0) is 11.2. The maximum absolute atomic E-state index is 10.8. The molecule has 0 rings (SSSR count). The number of hydrogen-bond acceptors (Lipinski definition) is 4. The average molecular weight is 224 g/mol. The zero-order valence-electron chi connectivity index (χ0n) is 9.12. The van der Waals surface area contributed by atoms with Gasteiger partial charge in [-0.2, -0.15) is 0 Å². The molecular formula is C9H20O4S. The molecule has 1 N–H and O–H groups in total. The van der Waals surface area contributed by atoms with E-state index in [2.05, 4.69) is 0 Å². The molecule has 4 nitrogen and oxygen atoms in total. The molecule has 0 saturated heterocycles. The van der Waals surface area contributed by atoms with Gasteiger partial charge in [-0.15, -0.1) is 0 Å². The van der Waals surface area contributed by atoms with Gasteiger partial charge < -0.3 is 9.84 Å². The molecule has 0 radical (unpaired) electrons. The highest BCUT2D eigenvalue weighted by molar-refractivity contribution is 7.90. The number of hydrogen-bond donors (Lipinski definition) is 1. The highest BCUT2D eigenvalue weighted by atomic mass is 32.2. The van der Waals surface area contributed by atoms with Gasteiger partial charge in [-0.05, 0) is 26.7 Å². The first-order chi connectivity index (χ1) is 6.27. The molecule has 0 aliphatic rings. The summed E-state index contributed by atoms with van der Waals surface area (Å²) in [6.07, 6.45) is 2.11. The standard InChI is InChI=1S/C9H20O4S/c1-4-13-8-9(2,10)6-5-7-14(3,11)12/h10H,4-8H2,1-3H3. The van der Waals surface area contributed by atoms with Gasteiger partial charge in [0.2, 0.25) is 0 Å². The largest absolute Gasteiger partial charge is 0.388 e. The van der Waals surface area contributed by atoms with Crippen LogP contribution >= 0.6 is 0 Å². The fourth-order valence-electron chi connectivity index (χ4n) is 1.11. The molecule has 5 heteroatoms. The van der Waals surface area contributed by atoms with Crippen molar-refractivity contribution in [3.63, 3.8) is 0 Å². The zero-order valence-corrected chi connectivity index (χ0v) is 9.93. The van der Waals surface area contributed by atoms with Gasteiger partial charge in [-0.1, -0.05) is 0 Å². The van der Waals surface area contributed by atoms with E-state index in [-0.39, 0.29) is 12.4 Å². The van der Waals surface area contributed by atoms with Crippen molar-refractivity contribution in [1.82, 2.24) is 0 Å². The van der Waals surface area contributed by atoms with Gasteiger partial charge in [-0.3, -0.25) is 0 Å². The molecule has 0 fully saturated rings. The lowest BCUT2D eigenvalue weighted by molar-refractivity contribution is -0.0357. The van der Waals surface area contributed by atoms with Crippen LogP contribution in [0, 0.1) is 0 Å². The monoisotopic (exact) mass is 224 g/mol. The van der Waals surface area contributed by atoms with E-state index in [0.717, 1.165) is 0 Å². The minimum Gasteiger partial charge on any atom is -0.388 e. The molecule has 14 heavy (non-hydrogen) atoms. The summed E-state index contributed by atoms with van der Waals surface area (Å²) in [6.45, 7) is 4.33. The van der Waals surface area contributed by atoms with Crippen LogP contribution in [0.3, 0.4) is 0 Å². The summed E-state index contributed by atoms with van der Waals surface area (Å²) in [5.74, 6) is 0.120. The third-order valence-electron chi connectivity index (χ3n) is 1.85. The lowest BCUT2D eigenvalue weighted by atomic mass is 10.0. The quantitative estimate of drug-likeness (QED) is 0.688. The smallest absolute Gasteiger partial charge is 0.147 e. The van der Waals surface area contributed by atoms with E-state index in [1.54, 1.807) is 6.92 Å². The van der Waals surface area contributed by atoms with Crippen LogP contribution in [0.15, 0.2) is 0 Å². The summed E-state index contributed by atoms with van der Waals surface area (Å²) in [4.78, 5) is 0. The second-order valence-electron chi connectivity index (χ2n) is 3.87. The van der Waals surface area contributed by atoms with Crippen molar-refractivity contribution in [2.75, 3.05) is 25.2 Å². The van der Waals surface area contributed by atoms with Crippen LogP contribution in [0.25, 0.3) is 0 Å². The molecule has 0 aromatic carbocycles. The van der Waals surface area contributed by atoms with Gasteiger partial charge in [0.05, 0.1) is 12.2 Å². The third kappa shape index (κ3) is 8.47. The molecule has 0 aromatic heterocycles.